The van der Waals surface area contributed by atoms with Gasteiger partial charge in [0.15, 0.2) is 0 Å². The van der Waals surface area contributed by atoms with E-state index in [1.54, 1.807) is 19.2 Å². The number of amides is 1. The minimum atomic E-state index is -0.510. The van der Waals surface area contributed by atoms with Crippen LogP contribution in [-0.2, 0) is 4.74 Å². The van der Waals surface area contributed by atoms with Crippen LogP contribution in [-0.4, -0.2) is 37.7 Å². The Labute approximate surface area is 95.2 Å². The lowest BCUT2D eigenvalue weighted by molar-refractivity contribution is 0.0995. The molecule has 0 fully saturated rings. The van der Waals surface area contributed by atoms with E-state index in [0.29, 0.717) is 6.61 Å². The Kier molecular flexibility index (Phi) is 4.72. The molecule has 0 spiro atoms. The Bertz CT molecular complexity index is 355. The van der Waals surface area contributed by atoms with E-state index in [2.05, 4.69) is 4.98 Å². The zero-order chi connectivity index (χ0) is 12.0. The average molecular weight is 223 g/mol. The van der Waals surface area contributed by atoms with Crippen LogP contribution in [0.3, 0.4) is 0 Å². The molecule has 0 radical (unpaired) electrons. The van der Waals surface area contributed by atoms with Crippen molar-refractivity contribution < 1.29 is 9.53 Å². The molecule has 1 amide bonds. The molecule has 1 aromatic heterocycles. The van der Waals surface area contributed by atoms with Gasteiger partial charge in [-0.2, -0.15) is 0 Å². The first-order valence-electron chi connectivity index (χ1n) is 5.19. The second-order valence-electron chi connectivity index (χ2n) is 3.32. The number of aromatic nitrogens is 1. The maximum absolute atomic E-state index is 11.0. The minimum Gasteiger partial charge on any atom is -0.383 e. The molecular formula is C11H17N3O2. The summed E-state index contributed by atoms with van der Waals surface area (Å²) in [6.07, 6.45) is 0. The molecule has 5 nitrogen and oxygen atoms in total. The lowest BCUT2D eigenvalue weighted by atomic mass is 10.3. The fourth-order valence-corrected chi connectivity index (χ4v) is 1.37. The molecule has 16 heavy (non-hydrogen) atoms. The first kappa shape index (κ1) is 12.4. The molecule has 0 aromatic carbocycles. The number of pyridine rings is 1. The van der Waals surface area contributed by atoms with E-state index in [0.717, 1.165) is 18.9 Å². The molecule has 5 heteroatoms. The predicted octanol–water partition coefficient (Wildman–Crippen LogP) is 0.653. The summed E-state index contributed by atoms with van der Waals surface area (Å²) in [5, 5.41) is 0. The number of rotatable bonds is 6. The Hall–Kier alpha value is -1.62. The molecule has 0 unspecified atom stereocenters. The summed E-state index contributed by atoms with van der Waals surface area (Å²) in [6.45, 7) is 4.19. The Morgan fingerprint density at radius 2 is 2.31 bits per heavy atom. The fourth-order valence-electron chi connectivity index (χ4n) is 1.37. The standard InChI is InChI=1S/C11H17N3O2/c1-3-14(7-8-16-2)10-6-4-5-9(13-10)11(12)15/h4-6H,3,7-8H2,1-2H3,(H2,12,15). The van der Waals surface area contributed by atoms with Crippen molar-refractivity contribution in [1.29, 1.82) is 0 Å². The molecule has 1 rings (SSSR count). The van der Waals surface area contributed by atoms with E-state index in [1.165, 1.54) is 0 Å². The van der Waals surface area contributed by atoms with Gasteiger partial charge in [0.05, 0.1) is 6.61 Å². The molecule has 0 aliphatic heterocycles. The zero-order valence-electron chi connectivity index (χ0n) is 9.64. The van der Waals surface area contributed by atoms with E-state index in [4.69, 9.17) is 10.5 Å². The summed E-state index contributed by atoms with van der Waals surface area (Å²) in [4.78, 5) is 17.2. The highest BCUT2D eigenvalue weighted by atomic mass is 16.5. The van der Waals surface area contributed by atoms with Gasteiger partial charge in [-0.3, -0.25) is 4.79 Å². The third-order valence-electron chi connectivity index (χ3n) is 2.26. The van der Waals surface area contributed by atoms with Gasteiger partial charge in [-0.05, 0) is 19.1 Å². The van der Waals surface area contributed by atoms with Crippen molar-refractivity contribution in [2.75, 3.05) is 31.7 Å². The van der Waals surface area contributed by atoms with Gasteiger partial charge in [0, 0.05) is 20.2 Å². The first-order chi connectivity index (χ1) is 7.69. The summed E-state index contributed by atoms with van der Waals surface area (Å²) < 4.78 is 5.01. The fraction of sp³-hybridized carbons (Fsp3) is 0.455. The van der Waals surface area contributed by atoms with Gasteiger partial charge in [0.1, 0.15) is 11.5 Å². The Balaban J connectivity index is 2.83. The molecular weight excluding hydrogens is 206 g/mol. The molecule has 0 atom stereocenters. The van der Waals surface area contributed by atoms with Crippen LogP contribution in [0.25, 0.3) is 0 Å². The van der Waals surface area contributed by atoms with E-state index in [1.807, 2.05) is 17.9 Å². The van der Waals surface area contributed by atoms with Gasteiger partial charge < -0.3 is 15.4 Å². The maximum Gasteiger partial charge on any atom is 0.267 e. The summed E-state index contributed by atoms with van der Waals surface area (Å²) in [5.41, 5.74) is 5.47. The van der Waals surface area contributed by atoms with Crippen LogP contribution in [0.15, 0.2) is 18.2 Å². The lowest BCUT2D eigenvalue weighted by Gasteiger charge is -2.21. The van der Waals surface area contributed by atoms with Crippen LogP contribution in [0.5, 0.6) is 0 Å². The molecule has 88 valence electrons. The van der Waals surface area contributed by atoms with Crippen molar-refractivity contribution in [1.82, 2.24) is 4.98 Å². The van der Waals surface area contributed by atoms with Crippen LogP contribution >= 0.6 is 0 Å². The summed E-state index contributed by atoms with van der Waals surface area (Å²) in [5.74, 6) is 0.237. The normalized spacial score (nSPS) is 10.1. The van der Waals surface area contributed by atoms with Crippen molar-refractivity contribution in [2.45, 2.75) is 6.92 Å². The molecule has 0 bridgehead atoms. The predicted molar refractivity (Wildman–Crippen MR) is 62.5 cm³/mol. The highest BCUT2D eigenvalue weighted by Crippen LogP contribution is 2.10. The lowest BCUT2D eigenvalue weighted by Crippen LogP contribution is -2.28. The number of nitrogens with zero attached hydrogens (tertiary/aromatic N) is 2. The van der Waals surface area contributed by atoms with Gasteiger partial charge in [0.25, 0.3) is 5.91 Å². The van der Waals surface area contributed by atoms with Crippen LogP contribution < -0.4 is 10.6 Å². The first-order valence-corrected chi connectivity index (χ1v) is 5.19. The number of likely N-dealkylation sites (N-methyl/N-ethyl adjacent to an activating group) is 1. The molecule has 0 saturated carbocycles. The van der Waals surface area contributed by atoms with Gasteiger partial charge in [0.2, 0.25) is 0 Å². The molecule has 0 aliphatic rings. The Morgan fingerprint density at radius 3 is 2.88 bits per heavy atom. The van der Waals surface area contributed by atoms with E-state index in [9.17, 15) is 4.79 Å². The van der Waals surface area contributed by atoms with E-state index >= 15 is 0 Å². The topological polar surface area (TPSA) is 68.5 Å². The SMILES string of the molecule is CCN(CCOC)c1cccc(C(N)=O)n1. The third-order valence-corrected chi connectivity index (χ3v) is 2.26. The monoisotopic (exact) mass is 223 g/mol. The van der Waals surface area contributed by atoms with Crippen LogP contribution in [0, 0.1) is 0 Å². The average Bonchev–Trinajstić information content (AvgIpc) is 2.30. The molecule has 1 heterocycles. The zero-order valence-corrected chi connectivity index (χ0v) is 9.64. The van der Waals surface area contributed by atoms with E-state index < -0.39 is 5.91 Å². The van der Waals surface area contributed by atoms with Crippen molar-refractivity contribution in [3.05, 3.63) is 23.9 Å². The van der Waals surface area contributed by atoms with Crippen molar-refractivity contribution in [3.8, 4) is 0 Å². The number of ether oxygens (including phenoxy) is 1. The summed E-state index contributed by atoms with van der Waals surface area (Å²) >= 11 is 0. The quantitative estimate of drug-likeness (QED) is 0.769. The second-order valence-corrected chi connectivity index (χ2v) is 3.32. The van der Waals surface area contributed by atoms with E-state index in [-0.39, 0.29) is 5.69 Å². The van der Waals surface area contributed by atoms with Gasteiger partial charge in [-0.25, -0.2) is 4.98 Å². The number of methoxy groups -OCH3 is 1. The number of hydrogen-bond acceptors (Lipinski definition) is 4. The largest absolute Gasteiger partial charge is 0.383 e. The number of nitrogens with two attached hydrogens (primary N) is 1. The third kappa shape index (κ3) is 3.20. The maximum atomic E-state index is 11.0. The number of primary amides is 1. The second kappa shape index (κ2) is 6.07. The van der Waals surface area contributed by atoms with Gasteiger partial charge in [-0.15, -0.1) is 0 Å². The van der Waals surface area contributed by atoms with Crippen molar-refractivity contribution in [2.24, 2.45) is 5.73 Å². The summed E-state index contributed by atoms with van der Waals surface area (Å²) in [7, 11) is 1.65. The van der Waals surface area contributed by atoms with Crippen LogP contribution in [0.2, 0.25) is 0 Å². The molecule has 0 aliphatic carbocycles. The van der Waals surface area contributed by atoms with Crippen molar-refractivity contribution in [3.63, 3.8) is 0 Å². The number of carbonyl (C=O) groups is 1. The van der Waals surface area contributed by atoms with Gasteiger partial charge in [-0.1, -0.05) is 6.07 Å². The number of hydrogen-bond donors (Lipinski definition) is 1. The van der Waals surface area contributed by atoms with Gasteiger partial charge >= 0.3 is 0 Å². The number of anilines is 1. The van der Waals surface area contributed by atoms with Crippen LogP contribution in [0.4, 0.5) is 5.82 Å². The van der Waals surface area contributed by atoms with Crippen molar-refractivity contribution >= 4 is 11.7 Å². The molecule has 1 aromatic rings. The van der Waals surface area contributed by atoms with Crippen LogP contribution in [0.1, 0.15) is 17.4 Å². The minimum absolute atomic E-state index is 0.286. The summed E-state index contributed by atoms with van der Waals surface area (Å²) in [6, 6.07) is 5.24. The Morgan fingerprint density at radius 1 is 1.56 bits per heavy atom. The highest BCUT2D eigenvalue weighted by Gasteiger charge is 2.08. The number of carbonyl (C=O) groups excluding carboxylic acids is 1. The highest BCUT2D eigenvalue weighted by molar-refractivity contribution is 5.91. The molecule has 0 saturated heterocycles. The molecule has 2 N–H and O–H groups in total. The smallest absolute Gasteiger partial charge is 0.267 e.